The third-order valence-corrected chi connectivity index (χ3v) is 5.67. The van der Waals surface area contributed by atoms with Crippen molar-refractivity contribution in [2.45, 2.75) is 12.8 Å². The van der Waals surface area contributed by atoms with E-state index in [1.807, 2.05) is 4.90 Å². The Hall–Kier alpha value is -3.46. The van der Waals surface area contributed by atoms with Crippen molar-refractivity contribution in [1.82, 2.24) is 4.90 Å². The summed E-state index contributed by atoms with van der Waals surface area (Å²) in [4.78, 5) is 27.4. The highest BCUT2D eigenvalue weighted by Gasteiger charge is 2.27. The number of nitrogens with one attached hydrogen (secondary N) is 2. The van der Waals surface area contributed by atoms with Crippen LogP contribution in [0.1, 0.15) is 12.8 Å². The van der Waals surface area contributed by atoms with Crippen LogP contribution in [0.5, 0.6) is 23.0 Å². The molecule has 9 nitrogen and oxygen atoms in total. The number of piperidine rings is 1. The number of carbonyl (C=O) groups excluding carboxylic acids is 2. The minimum absolute atomic E-state index is 0.0615. The third-order valence-electron chi connectivity index (χ3n) is 5.67. The molecule has 33 heavy (non-hydrogen) atoms. The Labute approximate surface area is 193 Å². The molecule has 0 atom stereocenters. The second kappa shape index (κ2) is 11.4. The summed E-state index contributed by atoms with van der Waals surface area (Å²) >= 11 is 0. The lowest BCUT2D eigenvalue weighted by Crippen LogP contribution is -2.41. The van der Waals surface area contributed by atoms with Gasteiger partial charge in [0.05, 0.1) is 46.4 Å². The van der Waals surface area contributed by atoms with Crippen LogP contribution in [0.4, 0.5) is 11.4 Å². The van der Waals surface area contributed by atoms with E-state index in [1.165, 1.54) is 0 Å². The average molecular weight is 458 g/mol. The van der Waals surface area contributed by atoms with Crippen LogP contribution in [0.3, 0.4) is 0 Å². The fourth-order valence-corrected chi connectivity index (χ4v) is 3.79. The maximum atomic E-state index is 12.8. The topological polar surface area (TPSA) is 98.4 Å². The van der Waals surface area contributed by atoms with E-state index in [9.17, 15) is 9.59 Å². The smallest absolute Gasteiger partial charge is 0.238 e. The predicted octanol–water partition coefficient (Wildman–Crippen LogP) is 3.01. The fourth-order valence-electron chi connectivity index (χ4n) is 3.79. The van der Waals surface area contributed by atoms with Crippen molar-refractivity contribution in [2.24, 2.45) is 5.92 Å². The van der Waals surface area contributed by atoms with E-state index in [4.69, 9.17) is 18.9 Å². The summed E-state index contributed by atoms with van der Waals surface area (Å²) in [5.41, 5.74) is 1.17. The standard InChI is InChI=1S/C24H31N3O6/c1-30-17-6-8-21(32-3)20(13-17)26-24(29)16-9-11-27(12-10-16)15-23(28)25-19-7-5-18(31-2)14-22(19)33-4/h5-8,13-14,16H,9-12,15H2,1-4H3,(H,25,28)(H,26,29). The first-order valence-electron chi connectivity index (χ1n) is 10.7. The number of methoxy groups -OCH3 is 4. The fraction of sp³-hybridized carbons (Fsp3) is 0.417. The molecule has 1 heterocycles. The van der Waals surface area contributed by atoms with Gasteiger partial charge in [-0.2, -0.15) is 0 Å². The summed E-state index contributed by atoms with van der Waals surface area (Å²) in [5.74, 6) is 2.06. The second-order valence-corrected chi connectivity index (χ2v) is 7.72. The molecule has 0 aliphatic carbocycles. The highest BCUT2D eigenvalue weighted by molar-refractivity contribution is 5.95. The molecule has 0 bridgehead atoms. The minimum atomic E-state index is -0.137. The average Bonchev–Trinajstić information content (AvgIpc) is 2.84. The molecule has 0 spiro atoms. The van der Waals surface area contributed by atoms with Gasteiger partial charge in [-0.15, -0.1) is 0 Å². The highest BCUT2D eigenvalue weighted by atomic mass is 16.5. The van der Waals surface area contributed by atoms with Crippen LogP contribution in [0.15, 0.2) is 36.4 Å². The van der Waals surface area contributed by atoms with Crippen LogP contribution in [0.25, 0.3) is 0 Å². The zero-order valence-corrected chi connectivity index (χ0v) is 19.5. The Kier molecular flexibility index (Phi) is 8.37. The van der Waals surface area contributed by atoms with Gasteiger partial charge in [-0.05, 0) is 50.2 Å². The van der Waals surface area contributed by atoms with Crippen molar-refractivity contribution in [3.63, 3.8) is 0 Å². The molecule has 1 saturated heterocycles. The molecule has 2 amide bonds. The van der Waals surface area contributed by atoms with Gasteiger partial charge in [0.15, 0.2) is 0 Å². The summed E-state index contributed by atoms with van der Waals surface area (Å²) in [6.07, 6.45) is 1.33. The highest BCUT2D eigenvalue weighted by Crippen LogP contribution is 2.31. The van der Waals surface area contributed by atoms with Crippen LogP contribution >= 0.6 is 0 Å². The van der Waals surface area contributed by atoms with E-state index in [-0.39, 0.29) is 24.3 Å². The second-order valence-electron chi connectivity index (χ2n) is 7.72. The first kappa shape index (κ1) is 24.2. The minimum Gasteiger partial charge on any atom is -0.497 e. The first-order chi connectivity index (χ1) is 16.0. The summed E-state index contributed by atoms with van der Waals surface area (Å²) in [6, 6.07) is 10.5. The van der Waals surface area contributed by atoms with Gasteiger partial charge < -0.3 is 29.6 Å². The molecule has 2 aromatic carbocycles. The Bertz CT molecular complexity index is 973. The Morgan fingerprint density at radius 2 is 1.45 bits per heavy atom. The normalized spacial score (nSPS) is 14.3. The predicted molar refractivity (Wildman–Crippen MR) is 126 cm³/mol. The Morgan fingerprint density at radius 3 is 2.09 bits per heavy atom. The number of benzene rings is 2. The number of rotatable bonds is 9. The molecule has 0 aromatic heterocycles. The molecule has 0 radical (unpaired) electrons. The Balaban J connectivity index is 1.51. The largest absolute Gasteiger partial charge is 0.497 e. The summed E-state index contributed by atoms with van der Waals surface area (Å²) < 4.78 is 21.1. The molecule has 1 aliphatic heterocycles. The van der Waals surface area contributed by atoms with Gasteiger partial charge in [-0.25, -0.2) is 0 Å². The van der Waals surface area contributed by atoms with Gasteiger partial charge in [0.2, 0.25) is 11.8 Å². The van der Waals surface area contributed by atoms with E-state index in [0.29, 0.717) is 60.3 Å². The van der Waals surface area contributed by atoms with Crippen molar-refractivity contribution in [3.05, 3.63) is 36.4 Å². The van der Waals surface area contributed by atoms with Crippen LogP contribution in [0.2, 0.25) is 0 Å². The SMILES string of the molecule is COc1ccc(OC)c(NC(=O)C2CCN(CC(=O)Nc3ccc(OC)cc3OC)CC2)c1. The van der Waals surface area contributed by atoms with Crippen LogP contribution in [-0.4, -0.2) is 64.8 Å². The molecule has 1 fully saturated rings. The molecular formula is C24H31N3O6. The van der Waals surface area contributed by atoms with Gasteiger partial charge in [0.25, 0.3) is 0 Å². The lowest BCUT2D eigenvalue weighted by molar-refractivity contribution is -0.121. The van der Waals surface area contributed by atoms with E-state index >= 15 is 0 Å². The molecule has 9 heteroatoms. The van der Waals surface area contributed by atoms with Gasteiger partial charge in [-0.1, -0.05) is 0 Å². The number of hydrogen-bond acceptors (Lipinski definition) is 7. The number of carbonyl (C=O) groups is 2. The Morgan fingerprint density at radius 1 is 0.818 bits per heavy atom. The number of anilines is 2. The third kappa shape index (κ3) is 6.29. The summed E-state index contributed by atoms with van der Waals surface area (Å²) in [7, 11) is 6.25. The van der Waals surface area contributed by atoms with Gasteiger partial charge in [0, 0.05) is 18.1 Å². The lowest BCUT2D eigenvalue weighted by atomic mass is 9.95. The number of ether oxygens (including phenoxy) is 4. The molecule has 3 rings (SSSR count). The number of hydrogen-bond donors (Lipinski definition) is 2. The zero-order chi connectivity index (χ0) is 23.8. The molecule has 2 N–H and O–H groups in total. The van der Waals surface area contributed by atoms with Crippen LogP contribution in [-0.2, 0) is 9.59 Å². The van der Waals surface area contributed by atoms with E-state index in [2.05, 4.69) is 10.6 Å². The van der Waals surface area contributed by atoms with E-state index in [0.717, 1.165) is 0 Å². The maximum Gasteiger partial charge on any atom is 0.238 e. The first-order valence-corrected chi connectivity index (χ1v) is 10.7. The van der Waals surface area contributed by atoms with E-state index < -0.39 is 0 Å². The quantitative estimate of drug-likeness (QED) is 0.597. The van der Waals surface area contributed by atoms with Crippen LogP contribution < -0.4 is 29.6 Å². The molecule has 1 aliphatic rings. The zero-order valence-electron chi connectivity index (χ0n) is 19.5. The number of likely N-dealkylation sites (tertiary alicyclic amines) is 1. The molecule has 178 valence electrons. The van der Waals surface area contributed by atoms with Crippen LogP contribution in [0, 0.1) is 5.92 Å². The number of amides is 2. The van der Waals surface area contributed by atoms with Crippen molar-refractivity contribution in [2.75, 3.05) is 58.7 Å². The summed E-state index contributed by atoms with van der Waals surface area (Å²) in [6.45, 7) is 1.55. The monoisotopic (exact) mass is 457 g/mol. The van der Waals surface area contributed by atoms with Crippen molar-refractivity contribution >= 4 is 23.2 Å². The summed E-state index contributed by atoms with van der Waals surface area (Å²) in [5, 5.41) is 5.83. The maximum absolute atomic E-state index is 12.8. The lowest BCUT2D eigenvalue weighted by Gasteiger charge is -2.30. The van der Waals surface area contributed by atoms with Crippen molar-refractivity contribution in [3.8, 4) is 23.0 Å². The molecule has 0 unspecified atom stereocenters. The van der Waals surface area contributed by atoms with Crippen molar-refractivity contribution < 1.29 is 28.5 Å². The van der Waals surface area contributed by atoms with E-state index in [1.54, 1.807) is 64.8 Å². The molecular weight excluding hydrogens is 426 g/mol. The van der Waals surface area contributed by atoms with Gasteiger partial charge >= 0.3 is 0 Å². The molecule has 2 aromatic rings. The van der Waals surface area contributed by atoms with Gasteiger partial charge in [0.1, 0.15) is 23.0 Å². The number of nitrogens with zero attached hydrogens (tertiary/aromatic N) is 1. The molecule has 0 saturated carbocycles. The van der Waals surface area contributed by atoms with Crippen molar-refractivity contribution in [1.29, 1.82) is 0 Å². The van der Waals surface area contributed by atoms with Gasteiger partial charge in [-0.3, -0.25) is 14.5 Å².